The number of nitrogens with one attached hydrogen (secondary N) is 1. The Labute approximate surface area is 142 Å². The highest BCUT2D eigenvalue weighted by atomic mass is 32.1. The molecule has 0 radical (unpaired) electrons. The fourth-order valence-corrected chi connectivity index (χ4v) is 3.78. The maximum Gasteiger partial charge on any atom is 0.247 e. The molecule has 2 aliphatic rings. The number of allylic oxidation sites excluding steroid dienone is 3. The summed E-state index contributed by atoms with van der Waals surface area (Å²) in [4.78, 5) is 19.2. The number of rotatable bonds is 5. The highest BCUT2D eigenvalue weighted by Gasteiger charge is 2.17. The number of aryl methyl sites for hydroxylation is 1. The molecule has 1 aromatic rings. The Bertz CT molecular complexity index is 610. The summed E-state index contributed by atoms with van der Waals surface area (Å²) in [6.07, 6.45) is 10.1. The van der Waals surface area contributed by atoms with Gasteiger partial charge in [0.25, 0.3) is 0 Å². The lowest BCUT2D eigenvalue weighted by Gasteiger charge is -2.19. The molecule has 0 saturated carbocycles. The summed E-state index contributed by atoms with van der Waals surface area (Å²) < 4.78 is 0. The topological polar surface area (TPSA) is 45.2 Å². The molecule has 1 aliphatic carbocycles. The molecule has 4 nitrogen and oxygen atoms in total. The van der Waals surface area contributed by atoms with E-state index in [1.807, 2.05) is 13.0 Å². The molecule has 0 bridgehead atoms. The van der Waals surface area contributed by atoms with Crippen molar-refractivity contribution in [3.8, 4) is 0 Å². The zero-order chi connectivity index (χ0) is 16.1. The number of hydrogen-bond donors (Lipinski definition) is 1. The standard InChI is InChI=1S/C18H25N3OS/c1-14-20-17(13-23-14)15-6-7-16(12-15)18(22)19-8-11-21-9-4-2-3-5-10-21/h6,12-13H,2-5,7-11H2,1H3,(H,19,22). The van der Waals surface area contributed by atoms with Gasteiger partial charge in [0.1, 0.15) is 0 Å². The molecule has 1 N–H and O–H groups in total. The first-order valence-electron chi connectivity index (χ1n) is 8.56. The van der Waals surface area contributed by atoms with Crippen LogP contribution in [0.4, 0.5) is 0 Å². The molecular formula is C18H25N3OS. The van der Waals surface area contributed by atoms with Crippen LogP contribution in [-0.4, -0.2) is 42.0 Å². The molecule has 5 heteroatoms. The van der Waals surface area contributed by atoms with Gasteiger partial charge in [-0.25, -0.2) is 4.98 Å². The number of hydrogen-bond acceptors (Lipinski definition) is 4. The average Bonchev–Trinajstić information content (AvgIpc) is 3.11. The van der Waals surface area contributed by atoms with Crippen LogP contribution in [0.3, 0.4) is 0 Å². The summed E-state index contributed by atoms with van der Waals surface area (Å²) in [6.45, 7) is 6.05. The molecule has 3 rings (SSSR count). The Kier molecular flexibility index (Phi) is 5.62. The molecule has 0 atom stereocenters. The average molecular weight is 331 g/mol. The summed E-state index contributed by atoms with van der Waals surface area (Å²) in [7, 11) is 0. The molecule has 1 amide bonds. The number of carbonyl (C=O) groups is 1. The SMILES string of the molecule is Cc1nc(C2=CCC(C(=O)NCCN3CCCCCC3)=C2)cs1. The van der Waals surface area contributed by atoms with E-state index in [0.717, 1.165) is 34.9 Å². The first-order chi connectivity index (χ1) is 11.2. The molecule has 0 aromatic carbocycles. The molecular weight excluding hydrogens is 306 g/mol. The van der Waals surface area contributed by atoms with Gasteiger partial charge in [-0.1, -0.05) is 18.9 Å². The van der Waals surface area contributed by atoms with Crippen LogP contribution >= 0.6 is 11.3 Å². The third kappa shape index (κ3) is 4.52. The Morgan fingerprint density at radius 3 is 2.78 bits per heavy atom. The van der Waals surface area contributed by atoms with E-state index in [4.69, 9.17) is 0 Å². The normalized spacial score (nSPS) is 19.2. The van der Waals surface area contributed by atoms with Gasteiger partial charge in [-0.05, 0) is 50.9 Å². The fourth-order valence-electron chi connectivity index (χ4n) is 3.16. The minimum absolute atomic E-state index is 0.0676. The summed E-state index contributed by atoms with van der Waals surface area (Å²) in [5.41, 5.74) is 2.91. The van der Waals surface area contributed by atoms with Crippen molar-refractivity contribution in [3.05, 3.63) is 33.8 Å². The smallest absolute Gasteiger partial charge is 0.247 e. The highest BCUT2D eigenvalue weighted by molar-refractivity contribution is 7.09. The Morgan fingerprint density at radius 2 is 2.09 bits per heavy atom. The number of aromatic nitrogens is 1. The van der Waals surface area contributed by atoms with E-state index in [1.54, 1.807) is 11.3 Å². The van der Waals surface area contributed by atoms with E-state index in [2.05, 4.69) is 26.7 Å². The molecule has 2 heterocycles. The quantitative estimate of drug-likeness (QED) is 0.901. The van der Waals surface area contributed by atoms with Crippen LogP contribution in [0, 0.1) is 6.92 Å². The van der Waals surface area contributed by atoms with Crippen LogP contribution in [0.1, 0.15) is 42.8 Å². The Hall–Kier alpha value is -1.46. The largest absolute Gasteiger partial charge is 0.351 e. The van der Waals surface area contributed by atoms with E-state index < -0.39 is 0 Å². The maximum atomic E-state index is 12.3. The van der Waals surface area contributed by atoms with Gasteiger partial charge >= 0.3 is 0 Å². The summed E-state index contributed by atoms with van der Waals surface area (Å²) in [6, 6.07) is 0. The second kappa shape index (κ2) is 7.88. The molecule has 1 aliphatic heterocycles. The zero-order valence-electron chi connectivity index (χ0n) is 13.8. The van der Waals surface area contributed by atoms with Crippen molar-refractivity contribution in [1.82, 2.24) is 15.2 Å². The van der Waals surface area contributed by atoms with Crippen LogP contribution in [0.2, 0.25) is 0 Å². The van der Waals surface area contributed by atoms with Gasteiger partial charge in [-0.3, -0.25) is 4.79 Å². The van der Waals surface area contributed by atoms with Gasteiger partial charge in [-0.15, -0.1) is 11.3 Å². The van der Waals surface area contributed by atoms with Gasteiger partial charge < -0.3 is 10.2 Å². The molecule has 124 valence electrons. The second-order valence-corrected chi connectivity index (χ2v) is 7.36. The van der Waals surface area contributed by atoms with Gasteiger partial charge in [-0.2, -0.15) is 0 Å². The van der Waals surface area contributed by atoms with Gasteiger partial charge in [0.15, 0.2) is 0 Å². The van der Waals surface area contributed by atoms with Gasteiger partial charge in [0.2, 0.25) is 5.91 Å². The lowest BCUT2D eigenvalue weighted by Crippen LogP contribution is -2.35. The van der Waals surface area contributed by atoms with E-state index in [-0.39, 0.29) is 5.91 Å². The second-order valence-electron chi connectivity index (χ2n) is 6.30. The van der Waals surface area contributed by atoms with Crippen LogP contribution < -0.4 is 5.32 Å². The monoisotopic (exact) mass is 331 g/mol. The van der Waals surface area contributed by atoms with Crippen molar-refractivity contribution in [2.24, 2.45) is 0 Å². The summed E-state index contributed by atoms with van der Waals surface area (Å²) in [5, 5.41) is 6.18. The lowest BCUT2D eigenvalue weighted by molar-refractivity contribution is -0.117. The minimum atomic E-state index is 0.0676. The predicted molar refractivity (Wildman–Crippen MR) is 95.4 cm³/mol. The van der Waals surface area contributed by atoms with Crippen LogP contribution in [0.5, 0.6) is 0 Å². The number of carbonyl (C=O) groups excluding carboxylic acids is 1. The minimum Gasteiger partial charge on any atom is -0.351 e. The lowest BCUT2D eigenvalue weighted by atomic mass is 10.2. The van der Waals surface area contributed by atoms with E-state index in [1.165, 1.54) is 38.8 Å². The molecule has 1 aromatic heterocycles. The van der Waals surface area contributed by atoms with Crippen LogP contribution in [0.25, 0.3) is 5.57 Å². The zero-order valence-corrected chi connectivity index (χ0v) is 14.6. The molecule has 0 unspecified atom stereocenters. The van der Waals surface area contributed by atoms with E-state index >= 15 is 0 Å². The number of amides is 1. The van der Waals surface area contributed by atoms with Crippen molar-refractivity contribution in [3.63, 3.8) is 0 Å². The first kappa shape index (κ1) is 16.4. The van der Waals surface area contributed by atoms with Crippen LogP contribution in [0.15, 0.2) is 23.1 Å². The molecule has 1 fully saturated rings. The highest BCUT2D eigenvalue weighted by Crippen LogP contribution is 2.27. The molecule has 0 spiro atoms. The van der Waals surface area contributed by atoms with Crippen molar-refractivity contribution in [1.29, 1.82) is 0 Å². The Morgan fingerprint density at radius 1 is 1.30 bits per heavy atom. The predicted octanol–water partition coefficient (Wildman–Crippen LogP) is 3.16. The molecule has 1 saturated heterocycles. The van der Waals surface area contributed by atoms with E-state index in [9.17, 15) is 4.79 Å². The number of nitrogens with zero attached hydrogens (tertiary/aromatic N) is 2. The maximum absolute atomic E-state index is 12.3. The van der Waals surface area contributed by atoms with Gasteiger partial charge in [0.05, 0.1) is 10.7 Å². The van der Waals surface area contributed by atoms with Crippen LogP contribution in [-0.2, 0) is 4.79 Å². The number of likely N-dealkylation sites (tertiary alicyclic amines) is 1. The third-order valence-corrected chi connectivity index (χ3v) is 5.26. The number of thiazole rings is 1. The van der Waals surface area contributed by atoms with Crippen molar-refractivity contribution in [2.75, 3.05) is 26.2 Å². The van der Waals surface area contributed by atoms with Crippen molar-refractivity contribution >= 4 is 22.8 Å². The van der Waals surface area contributed by atoms with Crippen molar-refractivity contribution < 1.29 is 4.79 Å². The first-order valence-corrected chi connectivity index (χ1v) is 9.44. The molecule has 23 heavy (non-hydrogen) atoms. The third-order valence-electron chi connectivity index (χ3n) is 4.49. The van der Waals surface area contributed by atoms with Crippen molar-refractivity contribution in [2.45, 2.75) is 39.0 Å². The Balaban J connectivity index is 1.46. The fraction of sp³-hybridized carbons (Fsp3) is 0.556. The summed E-state index contributed by atoms with van der Waals surface area (Å²) >= 11 is 1.64. The van der Waals surface area contributed by atoms with Gasteiger partial charge in [0, 0.05) is 24.0 Å². The van der Waals surface area contributed by atoms with E-state index in [0.29, 0.717) is 6.42 Å². The summed E-state index contributed by atoms with van der Waals surface area (Å²) in [5.74, 6) is 0.0676.